The number of nitrogens with two attached hydrogens (primary N) is 1. The number of hydrogen-bond donors (Lipinski definition) is 5. The van der Waals surface area contributed by atoms with E-state index in [1.807, 2.05) is 13.0 Å². The molecule has 2 aromatic carbocycles. The van der Waals surface area contributed by atoms with Gasteiger partial charge in [0.15, 0.2) is 5.82 Å². The van der Waals surface area contributed by atoms with Gasteiger partial charge in [-0.25, -0.2) is 9.97 Å². The van der Waals surface area contributed by atoms with E-state index >= 15 is 0 Å². The topological polar surface area (TPSA) is 155 Å². The number of amides is 1. The average molecular weight is 600 g/mol. The molecule has 1 atom stereocenters. The highest BCUT2D eigenvalue weighted by Crippen LogP contribution is 2.35. The summed E-state index contributed by atoms with van der Waals surface area (Å²) in [5.41, 5.74) is 8.78. The number of rotatable bonds is 8. The lowest BCUT2D eigenvalue weighted by atomic mass is 9.90. The average Bonchev–Trinajstić information content (AvgIpc) is 3.36. The zero-order valence-electron chi connectivity index (χ0n) is 22.3. The molecule has 0 saturated carbocycles. The van der Waals surface area contributed by atoms with Gasteiger partial charge >= 0.3 is 0 Å². The summed E-state index contributed by atoms with van der Waals surface area (Å²) in [7, 11) is 0. The van der Waals surface area contributed by atoms with E-state index in [1.165, 1.54) is 4.57 Å². The van der Waals surface area contributed by atoms with E-state index in [9.17, 15) is 19.8 Å². The van der Waals surface area contributed by atoms with Crippen LogP contribution in [0, 0.1) is 6.92 Å². The van der Waals surface area contributed by atoms with E-state index in [0.29, 0.717) is 35.5 Å². The molecule has 41 heavy (non-hydrogen) atoms. The third-order valence-electron chi connectivity index (χ3n) is 7.13. The van der Waals surface area contributed by atoms with E-state index < -0.39 is 17.5 Å². The fourth-order valence-electron chi connectivity index (χ4n) is 5.06. The molecule has 0 spiro atoms. The predicted octanol–water partition coefficient (Wildman–Crippen LogP) is 3.83. The minimum Gasteiger partial charge on any atom is -0.508 e. The van der Waals surface area contributed by atoms with Crippen molar-refractivity contribution in [3.05, 3.63) is 105 Å². The van der Waals surface area contributed by atoms with Crippen LogP contribution in [0.1, 0.15) is 46.5 Å². The van der Waals surface area contributed by atoms with Crippen LogP contribution in [0.5, 0.6) is 11.5 Å². The van der Waals surface area contributed by atoms with Crippen molar-refractivity contribution in [2.75, 3.05) is 17.6 Å². The van der Waals surface area contributed by atoms with Crippen LogP contribution in [-0.2, 0) is 17.8 Å². The molecule has 4 aromatic rings. The van der Waals surface area contributed by atoms with Gasteiger partial charge in [-0.05, 0) is 43.5 Å². The SMILES string of the molecule is Cc1nc(N)ccc1CNC(=O)[C@@H]1CCc2cnc(NCC(c3ccccc3O)c3ccccc3O)c(=O)n21.Cl.Cl. The van der Waals surface area contributed by atoms with Crippen LogP contribution in [0.4, 0.5) is 11.6 Å². The number of carbonyl (C=O) groups is 1. The molecule has 0 aliphatic carbocycles. The van der Waals surface area contributed by atoms with Crippen molar-refractivity contribution in [3.8, 4) is 11.5 Å². The highest BCUT2D eigenvalue weighted by Gasteiger charge is 2.31. The third kappa shape index (κ3) is 6.55. The van der Waals surface area contributed by atoms with Crippen molar-refractivity contribution in [3.63, 3.8) is 0 Å². The molecule has 5 rings (SSSR count). The summed E-state index contributed by atoms with van der Waals surface area (Å²) < 4.78 is 1.49. The molecule has 2 aromatic heterocycles. The summed E-state index contributed by atoms with van der Waals surface area (Å²) in [6.45, 7) is 2.28. The highest BCUT2D eigenvalue weighted by molar-refractivity contribution is 5.85. The Morgan fingerprint density at radius 2 is 1.68 bits per heavy atom. The number of halogens is 2. The van der Waals surface area contributed by atoms with Gasteiger partial charge in [-0.1, -0.05) is 42.5 Å². The molecule has 0 unspecified atom stereocenters. The fraction of sp³-hybridized carbons (Fsp3) is 0.241. The smallest absolute Gasteiger partial charge is 0.294 e. The third-order valence-corrected chi connectivity index (χ3v) is 7.13. The van der Waals surface area contributed by atoms with Crippen LogP contribution in [0.15, 0.2) is 71.7 Å². The van der Waals surface area contributed by atoms with Gasteiger partial charge in [-0.2, -0.15) is 0 Å². The Labute approximate surface area is 249 Å². The highest BCUT2D eigenvalue weighted by atomic mass is 35.5. The molecule has 216 valence electrons. The second-order valence-electron chi connectivity index (χ2n) is 9.58. The Morgan fingerprint density at radius 3 is 2.29 bits per heavy atom. The number of benzene rings is 2. The van der Waals surface area contributed by atoms with E-state index in [4.69, 9.17) is 5.73 Å². The number of phenolic OH excluding ortho intramolecular Hbond substituents is 2. The van der Waals surface area contributed by atoms with Crippen molar-refractivity contribution in [1.29, 1.82) is 0 Å². The minimum absolute atomic E-state index is 0. The van der Waals surface area contributed by atoms with Gasteiger partial charge in [0.2, 0.25) is 5.91 Å². The number of nitrogen functional groups attached to an aromatic ring is 1. The zero-order chi connectivity index (χ0) is 27.5. The predicted molar refractivity (Wildman–Crippen MR) is 162 cm³/mol. The van der Waals surface area contributed by atoms with Gasteiger partial charge in [-0.15, -0.1) is 24.8 Å². The van der Waals surface area contributed by atoms with Crippen LogP contribution in [0.25, 0.3) is 0 Å². The van der Waals surface area contributed by atoms with Crippen LogP contribution in [0.2, 0.25) is 0 Å². The van der Waals surface area contributed by atoms with Crippen LogP contribution in [-0.4, -0.2) is 37.2 Å². The summed E-state index contributed by atoms with van der Waals surface area (Å²) >= 11 is 0. The summed E-state index contributed by atoms with van der Waals surface area (Å²) in [6.07, 6.45) is 2.66. The summed E-state index contributed by atoms with van der Waals surface area (Å²) in [5.74, 6) is -0.0661. The van der Waals surface area contributed by atoms with Crippen LogP contribution >= 0.6 is 24.8 Å². The number of nitrogens with one attached hydrogen (secondary N) is 2. The van der Waals surface area contributed by atoms with Crippen molar-refractivity contribution in [2.24, 2.45) is 0 Å². The van der Waals surface area contributed by atoms with Gasteiger partial charge in [0.1, 0.15) is 23.4 Å². The Hall–Kier alpha value is -4.28. The number of aryl methyl sites for hydroxylation is 2. The maximum Gasteiger partial charge on any atom is 0.294 e. The van der Waals surface area contributed by atoms with Gasteiger partial charge in [0, 0.05) is 47.7 Å². The van der Waals surface area contributed by atoms with Crippen LogP contribution < -0.4 is 21.9 Å². The quantitative estimate of drug-likeness (QED) is 0.205. The lowest BCUT2D eigenvalue weighted by Gasteiger charge is -2.21. The van der Waals surface area contributed by atoms with Gasteiger partial charge < -0.3 is 26.6 Å². The molecule has 0 saturated heterocycles. The van der Waals surface area contributed by atoms with Crippen LogP contribution in [0.3, 0.4) is 0 Å². The molecule has 6 N–H and O–H groups in total. The van der Waals surface area contributed by atoms with Crippen molar-refractivity contribution < 1.29 is 15.0 Å². The van der Waals surface area contributed by atoms with E-state index in [2.05, 4.69) is 20.6 Å². The molecule has 12 heteroatoms. The molecule has 1 aliphatic rings. The number of anilines is 2. The number of para-hydroxylation sites is 2. The Kier molecular flexibility index (Phi) is 10.2. The van der Waals surface area contributed by atoms with Gasteiger partial charge in [-0.3, -0.25) is 14.2 Å². The summed E-state index contributed by atoms with van der Waals surface area (Å²) in [4.78, 5) is 35.2. The van der Waals surface area contributed by atoms with Gasteiger partial charge in [0.05, 0.1) is 0 Å². The molecule has 1 amide bonds. The standard InChI is InChI=1S/C29H30N6O4.2ClH/c1-17-18(10-13-26(30)34-17)14-33-28(38)23-12-11-19-15-31-27(29(39)35(19)23)32-16-22(20-6-2-4-8-24(20)36)21-7-3-5-9-25(21)37;;/h2-10,13,15,22-23,36-37H,11-12,14,16H2,1H3,(H2,30,34)(H,31,32)(H,33,38);2*1H/t23-;;/m0../s1. The number of nitrogens with zero attached hydrogens (tertiary/aromatic N) is 3. The molecular weight excluding hydrogens is 567 g/mol. The van der Waals surface area contributed by atoms with E-state index in [1.54, 1.807) is 60.8 Å². The van der Waals surface area contributed by atoms with Gasteiger partial charge in [0.25, 0.3) is 5.56 Å². The largest absolute Gasteiger partial charge is 0.508 e. The number of aromatic hydroxyl groups is 2. The van der Waals surface area contributed by atoms with Crippen molar-refractivity contribution >= 4 is 42.4 Å². The first kappa shape index (κ1) is 31.3. The second-order valence-corrected chi connectivity index (χ2v) is 9.58. The monoisotopic (exact) mass is 598 g/mol. The Morgan fingerprint density at radius 1 is 1.05 bits per heavy atom. The Balaban J connectivity index is 0.00000231. The Bertz CT molecular complexity index is 1550. The fourth-order valence-corrected chi connectivity index (χ4v) is 5.06. The maximum absolute atomic E-state index is 13.5. The zero-order valence-corrected chi connectivity index (χ0v) is 23.9. The maximum atomic E-state index is 13.5. The number of fused-ring (bicyclic) bond motifs is 1. The van der Waals surface area contributed by atoms with E-state index in [-0.39, 0.29) is 61.1 Å². The molecule has 10 nitrogen and oxygen atoms in total. The van der Waals surface area contributed by atoms with Crippen molar-refractivity contribution in [2.45, 2.75) is 38.3 Å². The molecule has 0 radical (unpaired) electrons. The first-order chi connectivity index (χ1) is 18.8. The lowest BCUT2D eigenvalue weighted by Crippen LogP contribution is -2.36. The molecule has 0 fully saturated rings. The summed E-state index contributed by atoms with van der Waals surface area (Å²) in [5, 5.41) is 27.1. The summed E-state index contributed by atoms with van der Waals surface area (Å²) in [6, 6.07) is 16.6. The molecule has 3 heterocycles. The second kappa shape index (κ2) is 13.4. The number of carbonyl (C=O) groups excluding carboxylic acids is 1. The number of hydrogen-bond acceptors (Lipinski definition) is 8. The first-order valence-electron chi connectivity index (χ1n) is 12.7. The minimum atomic E-state index is -0.662. The molecule has 0 bridgehead atoms. The lowest BCUT2D eigenvalue weighted by molar-refractivity contribution is -0.124. The van der Waals surface area contributed by atoms with Crippen molar-refractivity contribution in [1.82, 2.24) is 19.9 Å². The first-order valence-corrected chi connectivity index (χ1v) is 12.7. The molecular formula is C29H32Cl2N6O4. The normalized spacial score (nSPS) is 13.6. The number of pyridine rings is 1. The van der Waals surface area contributed by atoms with E-state index in [0.717, 1.165) is 11.3 Å². The number of aromatic nitrogens is 3. The molecule has 1 aliphatic heterocycles. The number of phenols is 2.